The Morgan fingerprint density at radius 3 is 2.71 bits per heavy atom. The average molecular weight is 338 g/mol. The zero-order chi connectivity index (χ0) is 17.7. The smallest absolute Gasteiger partial charge is 0.407 e. The molecule has 1 atom stereocenters. The SMILES string of the molecule is COc1cc(CC(N)CNC(=O)OC(C)(C)C)cc2c1OCCO2. The molecule has 1 aromatic carbocycles. The van der Waals surface area contributed by atoms with E-state index in [4.69, 9.17) is 24.7 Å². The number of carbonyl (C=O) groups excluding carboxylic acids is 1. The van der Waals surface area contributed by atoms with Gasteiger partial charge >= 0.3 is 6.09 Å². The molecule has 7 heteroatoms. The molecule has 1 aliphatic heterocycles. The molecule has 0 saturated carbocycles. The standard InChI is InChI=1S/C17H26N2O5/c1-17(2,3)24-16(20)19-10-12(18)7-11-8-13(21-4)15-14(9-11)22-5-6-23-15/h8-9,12H,5-7,10,18H2,1-4H3,(H,19,20). The minimum absolute atomic E-state index is 0.259. The van der Waals surface area contributed by atoms with Crippen LogP contribution in [0.1, 0.15) is 26.3 Å². The molecule has 134 valence electrons. The highest BCUT2D eigenvalue weighted by atomic mass is 16.6. The van der Waals surface area contributed by atoms with Crippen molar-refractivity contribution in [2.24, 2.45) is 5.73 Å². The number of rotatable bonds is 5. The van der Waals surface area contributed by atoms with E-state index in [1.54, 1.807) is 7.11 Å². The van der Waals surface area contributed by atoms with Crippen molar-refractivity contribution in [2.75, 3.05) is 26.9 Å². The molecule has 7 nitrogen and oxygen atoms in total. The minimum atomic E-state index is -0.530. The molecule has 24 heavy (non-hydrogen) atoms. The normalized spacial score (nSPS) is 14.7. The number of ether oxygens (including phenoxy) is 4. The second-order valence-corrected chi connectivity index (χ2v) is 6.67. The van der Waals surface area contributed by atoms with Crippen molar-refractivity contribution >= 4 is 6.09 Å². The summed E-state index contributed by atoms with van der Waals surface area (Å²) >= 11 is 0. The summed E-state index contributed by atoms with van der Waals surface area (Å²) in [6.45, 7) is 6.76. The average Bonchev–Trinajstić information content (AvgIpc) is 2.50. The predicted octanol–water partition coefficient (Wildman–Crippen LogP) is 1.86. The number of alkyl carbamates (subject to hydrolysis) is 1. The van der Waals surface area contributed by atoms with Gasteiger partial charge in [0.25, 0.3) is 0 Å². The molecular weight excluding hydrogens is 312 g/mol. The summed E-state index contributed by atoms with van der Waals surface area (Å²) in [7, 11) is 1.58. The fourth-order valence-electron chi connectivity index (χ4n) is 2.35. The first-order valence-corrected chi connectivity index (χ1v) is 7.97. The first-order valence-electron chi connectivity index (χ1n) is 7.97. The number of carbonyl (C=O) groups is 1. The fraction of sp³-hybridized carbons (Fsp3) is 0.588. The van der Waals surface area contributed by atoms with Crippen LogP contribution in [0.15, 0.2) is 12.1 Å². The van der Waals surface area contributed by atoms with E-state index in [1.165, 1.54) is 0 Å². The molecule has 1 aromatic rings. The largest absolute Gasteiger partial charge is 0.493 e. The number of benzene rings is 1. The summed E-state index contributed by atoms with van der Waals surface area (Å²) in [5.74, 6) is 1.89. The molecule has 1 amide bonds. The van der Waals surface area contributed by atoms with Crippen molar-refractivity contribution in [3.63, 3.8) is 0 Å². The summed E-state index contributed by atoms with van der Waals surface area (Å²) in [5, 5.41) is 2.68. The highest BCUT2D eigenvalue weighted by Gasteiger charge is 2.20. The second-order valence-electron chi connectivity index (χ2n) is 6.67. The maximum Gasteiger partial charge on any atom is 0.407 e. The molecule has 0 fully saturated rings. The van der Waals surface area contributed by atoms with E-state index in [-0.39, 0.29) is 6.04 Å². The number of hydrogen-bond acceptors (Lipinski definition) is 6. The van der Waals surface area contributed by atoms with E-state index in [2.05, 4.69) is 5.32 Å². The van der Waals surface area contributed by atoms with E-state index in [9.17, 15) is 4.79 Å². The molecule has 2 rings (SSSR count). The maximum absolute atomic E-state index is 11.7. The van der Waals surface area contributed by atoms with Gasteiger partial charge in [-0.3, -0.25) is 0 Å². The Hall–Kier alpha value is -2.15. The van der Waals surface area contributed by atoms with Crippen LogP contribution in [0, 0.1) is 0 Å². The number of amides is 1. The molecule has 1 aliphatic rings. The predicted molar refractivity (Wildman–Crippen MR) is 89.9 cm³/mol. The molecule has 0 bridgehead atoms. The van der Waals surface area contributed by atoms with E-state index in [1.807, 2.05) is 32.9 Å². The molecule has 0 aliphatic carbocycles. The third-order valence-electron chi connectivity index (χ3n) is 3.29. The van der Waals surface area contributed by atoms with Crippen LogP contribution in [0.5, 0.6) is 17.2 Å². The lowest BCUT2D eigenvalue weighted by molar-refractivity contribution is 0.0524. The molecule has 1 unspecified atom stereocenters. The van der Waals surface area contributed by atoms with Gasteiger partial charge in [0.2, 0.25) is 5.75 Å². The maximum atomic E-state index is 11.7. The van der Waals surface area contributed by atoms with Crippen LogP contribution in [-0.4, -0.2) is 44.6 Å². The highest BCUT2D eigenvalue weighted by molar-refractivity contribution is 5.67. The summed E-state index contributed by atoms with van der Waals surface area (Å²) in [5.41, 5.74) is 6.53. The summed E-state index contributed by atoms with van der Waals surface area (Å²) < 4.78 is 21.7. The molecule has 0 aromatic heterocycles. The van der Waals surface area contributed by atoms with Gasteiger partial charge < -0.3 is 30.0 Å². The van der Waals surface area contributed by atoms with Gasteiger partial charge in [0.15, 0.2) is 11.5 Å². The van der Waals surface area contributed by atoms with Crippen molar-refractivity contribution in [2.45, 2.75) is 38.8 Å². The van der Waals surface area contributed by atoms with Crippen LogP contribution >= 0.6 is 0 Å². The summed E-state index contributed by atoms with van der Waals surface area (Å²) in [6.07, 6.45) is 0.0840. The first-order chi connectivity index (χ1) is 11.3. The summed E-state index contributed by atoms with van der Waals surface area (Å²) in [6, 6.07) is 3.51. The van der Waals surface area contributed by atoms with Crippen LogP contribution < -0.4 is 25.3 Å². The number of nitrogens with two attached hydrogens (primary N) is 1. The Balaban J connectivity index is 1.94. The fourth-order valence-corrected chi connectivity index (χ4v) is 2.35. The highest BCUT2D eigenvalue weighted by Crippen LogP contribution is 2.40. The Labute approximate surface area is 142 Å². The van der Waals surface area contributed by atoms with Gasteiger partial charge in [-0.15, -0.1) is 0 Å². The van der Waals surface area contributed by atoms with Crippen molar-refractivity contribution in [3.8, 4) is 17.2 Å². The Bertz CT molecular complexity index is 566. The number of hydrogen-bond donors (Lipinski definition) is 2. The Morgan fingerprint density at radius 1 is 1.33 bits per heavy atom. The molecule has 1 heterocycles. The molecular formula is C17H26N2O5. The van der Waals surface area contributed by atoms with E-state index < -0.39 is 11.7 Å². The molecule has 3 N–H and O–H groups in total. The zero-order valence-electron chi connectivity index (χ0n) is 14.7. The van der Waals surface area contributed by atoms with Gasteiger partial charge in [-0.05, 0) is 44.9 Å². The van der Waals surface area contributed by atoms with Gasteiger partial charge in [0, 0.05) is 12.6 Å². The van der Waals surface area contributed by atoms with Crippen molar-refractivity contribution < 1.29 is 23.7 Å². The first kappa shape index (κ1) is 18.2. The minimum Gasteiger partial charge on any atom is -0.493 e. The second kappa shape index (κ2) is 7.61. The van der Waals surface area contributed by atoms with Crippen molar-refractivity contribution in [1.29, 1.82) is 0 Å². The molecule has 0 spiro atoms. The van der Waals surface area contributed by atoms with Gasteiger partial charge in [0.05, 0.1) is 7.11 Å². The zero-order valence-corrected chi connectivity index (χ0v) is 14.7. The lowest BCUT2D eigenvalue weighted by Gasteiger charge is -2.23. The van der Waals surface area contributed by atoms with E-state index in [0.717, 1.165) is 5.56 Å². The van der Waals surface area contributed by atoms with Crippen molar-refractivity contribution in [3.05, 3.63) is 17.7 Å². The van der Waals surface area contributed by atoms with Crippen LogP contribution in [0.4, 0.5) is 4.79 Å². The summed E-state index contributed by atoms with van der Waals surface area (Å²) in [4.78, 5) is 11.7. The van der Waals surface area contributed by atoms with Gasteiger partial charge in [-0.1, -0.05) is 0 Å². The molecule has 0 saturated heterocycles. The quantitative estimate of drug-likeness (QED) is 0.851. The number of fused-ring (bicyclic) bond motifs is 1. The topological polar surface area (TPSA) is 92.0 Å². The van der Waals surface area contributed by atoms with E-state index in [0.29, 0.717) is 43.4 Å². The van der Waals surface area contributed by atoms with Crippen LogP contribution in [-0.2, 0) is 11.2 Å². The van der Waals surface area contributed by atoms with Gasteiger partial charge in [0.1, 0.15) is 18.8 Å². The van der Waals surface area contributed by atoms with Gasteiger partial charge in [-0.2, -0.15) is 0 Å². The van der Waals surface area contributed by atoms with E-state index >= 15 is 0 Å². The van der Waals surface area contributed by atoms with Crippen molar-refractivity contribution in [1.82, 2.24) is 5.32 Å². The Morgan fingerprint density at radius 2 is 2.04 bits per heavy atom. The lowest BCUT2D eigenvalue weighted by Crippen LogP contribution is -2.41. The number of nitrogens with one attached hydrogen (secondary N) is 1. The third kappa shape index (κ3) is 5.19. The number of methoxy groups -OCH3 is 1. The van der Waals surface area contributed by atoms with Crippen LogP contribution in [0.25, 0.3) is 0 Å². The monoisotopic (exact) mass is 338 g/mol. The van der Waals surface area contributed by atoms with Gasteiger partial charge in [-0.25, -0.2) is 4.79 Å². The molecule has 0 radical (unpaired) electrons. The van der Waals surface area contributed by atoms with Crippen LogP contribution in [0.3, 0.4) is 0 Å². The third-order valence-corrected chi connectivity index (χ3v) is 3.29. The van der Waals surface area contributed by atoms with Crippen LogP contribution in [0.2, 0.25) is 0 Å². The lowest BCUT2D eigenvalue weighted by atomic mass is 10.0. The Kier molecular flexibility index (Phi) is 5.77.